The predicted octanol–water partition coefficient (Wildman–Crippen LogP) is 4.17. The molecule has 4 saturated carbocycles. The van der Waals surface area contributed by atoms with Crippen LogP contribution in [-0.2, 0) is 9.53 Å². The fraction of sp³-hybridized carbons (Fsp3) is 0.739. The molecule has 0 aromatic carbocycles. The van der Waals surface area contributed by atoms with Crippen molar-refractivity contribution < 1.29 is 24.5 Å². The van der Waals surface area contributed by atoms with E-state index < -0.39 is 11.8 Å². The largest absolute Gasteiger partial charge is 0.510 e. The molecule has 0 bridgehead atoms. The molecule has 0 amide bonds. The molecule has 4 fully saturated rings. The maximum absolute atomic E-state index is 11.9. The van der Waals surface area contributed by atoms with Gasteiger partial charge in [-0.25, -0.2) is 4.79 Å². The number of carbonyl (C=O) groups excluding carboxylic acids is 1. The van der Waals surface area contributed by atoms with Gasteiger partial charge in [-0.05, 0) is 85.7 Å². The minimum Gasteiger partial charge on any atom is -0.449 e. The highest BCUT2D eigenvalue weighted by Crippen LogP contribution is 2.76. The van der Waals surface area contributed by atoms with Crippen molar-refractivity contribution in [3.8, 4) is 0 Å². The van der Waals surface area contributed by atoms with Gasteiger partial charge in [0.2, 0.25) is 0 Å². The van der Waals surface area contributed by atoms with E-state index in [1.165, 1.54) is 11.8 Å². The Morgan fingerprint density at radius 1 is 1.32 bits per heavy atom. The molecule has 0 radical (unpaired) electrons. The van der Waals surface area contributed by atoms with Crippen LogP contribution in [0.15, 0.2) is 24.0 Å². The quantitative estimate of drug-likeness (QED) is 0.550. The summed E-state index contributed by atoms with van der Waals surface area (Å²) in [5, 5.41) is 20.5. The second-order valence-corrected chi connectivity index (χ2v) is 10.3. The predicted molar refractivity (Wildman–Crippen MR) is 102 cm³/mol. The molecule has 0 aromatic heterocycles. The van der Waals surface area contributed by atoms with Crippen LogP contribution in [0.3, 0.4) is 0 Å². The molecule has 5 aliphatic carbocycles. The van der Waals surface area contributed by atoms with Gasteiger partial charge in [-0.1, -0.05) is 19.4 Å². The van der Waals surface area contributed by atoms with E-state index in [2.05, 4.69) is 18.6 Å². The average Bonchev–Trinajstić information content (AvgIpc) is 3.38. The van der Waals surface area contributed by atoms with Crippen molar-refractivity contribution in [2.75, 3.05) is 0 Å². The Morgan fingerprint density at radius 2 is 2.11 bits per heavy atom. The van der Waals surface area contributed by atoms with E-state index in [4.69, 9.17) is 5.11 Å². The van der Waals surface area contributed by atoms with E-state index in [0.29, 0.717) is 47.7 Å². The third-order valence-corrected chi connectivity index (χ3v) is 9.17. The molecule has 0 aromatic rings. The number of rotatable bonds is 2. The Balaban J connectivity index is 1.48. The fourth-order valence-corrected chi connectivity index (χ4v) is 8.11. The standard InChI is InChI=1S/C23H30O5/c1-12-9-13-10-14(24)3-4-15(13)16-5-6-22(2)20(19(12)16)17-11-18(17)23(22,27)7-8-28-21(25)26/h7-8,10,12,15-20,27H,3-6,9,11H2,1-2H3,(H,25,26)/b8-7-/t12-,15-,16+,17+,18-,19+,20-,22-,23-/m0/s1. The van der Waals surface area contributed by atoms with Crippen molar-refractivity contribution in [1.82, 2.24) is 0 Å². The van der Waals surface area contributed by atoms with Crippen molar-refractivity contribution in [3.05, 3.63) is 24.0 Å². The molecule has 0 aliphatic heterocycles. The van der Waals surface area contributed by atoms with Gasteiger partial charge in [-0.2, -0.15) is 0 Å². The maximum Gasteiger partial charge on any atom is 0.510 e. The van der Waals surface area contributed by atoms with Gasteiger partial charge in [0.15, 0.2) is 5.78 Å². The van der Waals surface area contributed by atoms with E-state index >= 15 is 0 Å². The van der Waals surface area contributed by atoms with Crippen molar-refractivity contribution in [3.63, 3.8) is 0 Å². The Hall–Kier alpha value is -1.62. The molecule has 28 heavy (non-hydrogen) atoms. The number of allylic oxidation sites excluding steroid dienone is 1. The van der Waals surface area contributed by atoms with Gasteiger partial charge < -0.3 is 14.9 Å². The minimum atomic E-state index is -1.34. The zero-order chi connectivity index (χ0) is 19.8. The van der Waals surface area contributed by atoms with Crippen molar-refractivity contribution in [1.29, 1.82) is 0 Å². The first-order chi connectivity index (χ1) is 13.3. The molecule has 0 heterocycles. The fourth-order valence-electron chi connectivity index (χ4n) is 8.11. The van der Waals surface area contributed by atoms with Gasteiger partial charge in [0.1, 0.15) is 0 Å². The Labute approximate surface area is 165 Å². The summed E-state index contributed by atoms with van der Waals surface area (Å²) in [6, 6.07) is 0. The summed E-state index contributed by atoms with van der Waals surface area (Å²) < 4.78 is 4.61. The number of fused-ring (bicyclic) bond motifs is 7. The van der Waals surface area contributed by atoms with Crippen LogP contribution < -0.4 is 0 Å². The van der Waals surface area contributed by atoms with Gasteiger partial charge in [0.25, 0.3) is 0 Å². The van der Waals surface area contributed by atoms with Crippen LogP contribution in [0.1, 0.15) is 52.4 Å². The zero-order valence-corrected chi connectivity index (χ0v) is 16.6. The maximum atomic E-state index is 11.9. The smallest absolute Gasteiger partial charge is 0.449 e. The van der Waals surface area contributed by atoms with E-state index in [9.17, 15) is 14.7 Å². The van der Waals surface area contributed by atoms with Crippen LogP contribution in [0.25, 0.3) is 0 Å². The molecule has 0 unspecified atom stereocenters. The first-order valence-electron chi connectivity index (χ1n) is 10.8. The molecule has 0 saturated heterocycles. The Kier molecular flexibility index (Phi) is 3.91. The number of carboxylic acid groups (broad SMARTS) is 1. The zero-order valence-electron chi connectivity index (χ0n) is 16.6. The van der Waals surface area contributed by atoms with Crippen LogP contribution in [0.4, 0.5) is 4.79 Å². The Morgan fingerprint density at radius 3 is 2.86 bits per heavy atom. The number of carbonyl (C=O) groups is 2. The van der Waals surface area contributed by atoms with Gasteiger partial charge in [-0.15, -0.1) is 0 Å². The van der Waals surface area contributed by atoms with Gasteiger partial charge in [0, 0.05) is 11.8 Å². The number of hydrogen-bond donors (Lipinski definition) is 2. The van der Waals surface area contributed by atoms with E-state index in [0.717, 1.165) is 32.1 Å². The minimum absolute atomic E-state index is 0.215. The summed E-state index contributed by atoms with van der Waals surface area (Å²) >= 11 is 0. The third-order valence-electron chi connectivity index (χ3n) is 9.17. The molecule has 5 nitrogen and oxygen atoms in total. The second kappa shape index (κ2) is 5.94. The lowest BCUT2D eigenvalue weighted by Gasteiger charge is -2.58. The topological polar surface area (TPSA) is 83.8 Å². The Bertz CT molecular complexity index is 784. The molecule has 152 valence electrons. The number of aliphatic hydroxyl groups is 1. The SMILES string of the molecule is C[C@H]1CC2=CC(=O)CC[C@@H]2[C@H]2CC[C@@]3(C)[C@@H]([C@@H]4C[C@@H]4[C@@]3(O)/C=C\OC(=O)O)[C@@H]21. The summed E-state index contributed by atoms with van der Waals surface area (Å²) in [5.74, 6) is 3.74. The summed E-state index contributed by atoms with van der Waals surface area (Å²) in [5.41, 5.74) is 0.158. The first kappa shape index (κ1) is 18.4. The van der Waals surface area contributed by atoms with Crippen LogP contribution >= 0.6 is 0 Å². The molecule has 0 spiro atoms. The molecule has 5 rings (SSSR count). The van der Waals surface area contributed by atoms with Gasteiger partial charge >= 0.3 is 6.16 Å². The lowest BCUT2D eigenvalue weighted by molar-refractivity contribution is -0.126. The monoisotopic (exact) mass is 386 g/mol. The van der Waals surface area contributed by atoms with Crippen LogP contribution in [0.2, 0.25) is 0 Å². The van der Waals surface area contributed by atoms with Gasteiger partial charge in [0.05, 0.1) is 11.9 Å². The molecule has 2 N–H and O–H groups in total. The van der Waals surface area contributed by atoms with Crippen molar-refractivity contribution >= 4 is 11.9 Å². The second-order valence-electron chi connectivity index (χ2n) is 10.3. The number of hydrogen-bond acceptors (Lipinski definition) is 4. The number of ether oxygens (including phenoxy) is 1. The van der Waals surface area contributed by atoms with Crippen LogP contribution in [-0.4, -0.2) is 27.8 Å². The van der Waals surface area contributed by atoms with E-state index in [-0.39, 0.29) is 11.3 Å². The lowest BCUT2D eigenvalue weighted by atomic mass is 9.47. The highest BCUT2D eigenvalue weighted by molar-refractivity contribution is 5.91. The summed E-state index contributed by atoms with van der Waals surface area (Å²) in [6.07, 6.45) is 9.13. The lowest BCUT2D eigenvalue weighted by Crippen LogP contribution is -2.56. The van der Waals surface area contributed by atoms with Crippen molar-refractivity contribution in [2.24, 2.45) is 46.8 Å². The van der Waals surface area contributed by atoms with Crippen molar-refractivity contribution in [2.45, 2.75) is 58.0 Å². The van der Waals surface area contributed by atoms with Crippen LogP contribution in [0.5, 0.6) is 0 Å². The molecular weight excluding hydrogens is 356 g/mol. The molecule has 9 atom stereocenters. The summed E-state index contributed by atoms with van der Waals surface area (Å²) in [4.78, 5) is 22.7. The molecule has 5 aliphatic rings. The highest BCUT2D eigenvalue weighted by Gasteiger charge is 2.75. The normalized spacial score (nSPS) is 51.6. The molecular formula is C23H30O5. The molecule has 5 heteroatoms. The summed E-state index contributed by atoms with van der Waals surface area (Å²) in [6.45, 7) is 4.55. The number of ketones is 1. The average molecular weight is 386 g/mol. The third kappa shape index (κ3) is 2.35. The van der Waals surface area contributed by atoms with E-state index in [1.54, 1.807) is 6.08 Å². The van der Waals surface area contributed by atoms with Crippen LogP contribution in [0, 0.1) is 46.8 Å². The van der Waals surface area contributed by atoms with Gasteiger partial charge in [-0.3, -0.25) is 4.79 Å². The summed E-state index contributed by atoms with van der Waals surface area (Å²) in [7, 11) is 0. The van der Waals surface area contributed by atoms with E-state index in [1.807, 2.05) is 6.08 Å². The first-order valence-corrected chi connectivity index (χ1v) is 10.8. The highest BCUT2D eigenvalue weighted by atomic mass is 16.7.